The molecular weight excluding hydrogens is 222 g/mol. The first-order chi connectivity index (χ1) is 8.75. The molecule has 2 aliphatic carbocycles. The molecule has 0 saturated heterocycles. The highest BCUT2D eigenvalue weighted by atomic mass is 16.5. The highest BCUT2D eigenvalue weighted by molar-refractivity contribution is 4.76. The fourth-order valence-electron chi connectivity index (χ4n) is 3.44. The van der Waals surface area contributed by atoms with Gasteiger partial charge in [0.1, 0.15) is 0 Å². The summed E-state index contributed by atoms with van der Waals surface area (Å²) < 4.78 is 6.03. The summed E-state index contributed by atoms with van der Waals surface area (Å²) >= 11 is 0. The lowest BCUT2D eigenvalue weighted by molar-refractivity contribution is 0.00333. The molecule has 3 atom stereocenters. The van der Waals surface area contributed by atoms with Crippen LogP contribution in [0.5, 0.6) is 0 Å². The minimum absolute atomic E-state index is 0.532. The van der Waals surface area contributed by atoms with Crippen molar-refractivity contribution in [3.05, 3.63) is 0 Å². The first kappa shape index (κ1) is 14.3. The molecule has 0 radical (unpaired) electrons. The van der Waals surface area contributed by atoms with Crippen molar-refractivity contribution in [2.75, 3.05) is 13.2 Å². The normalized spacial score (nSPS) is 34.7. The van der Waals surface area contributed by atoms with Gasteiger partial charge in [0.05, 0.1) is 12.7 Å². The fraction of sp³-hybridized carbons (Fsp3) is 1.00. The predicted octanol–water partition coefficient (Wildman–Crippen LogP) is 3.75. The Hall–Kier alpha value is -0.0800. The van der Waals surface area contributed by atoms with Crippen LogP contribution in [0.15, 0.2) is 0 Å². The van der Waals surface area contributed by atoms with Gasteiger partial charge < -0.3 is 10.1 Å². The Bertz CT molecular complexity index is 225. The molecule has 0 heterocycles. The van der Waals surface area contributed by atoms with E-state index >= 15 is 0 Å². The molecule has 1 N–H and O–H groups in total. The molecule has 2 aliphatic rings. The maximum atomic E-state index is 6.03. The molecule has 0 amide bonds. The number of hydrogen-bond donors (Lipinski definition) is 1. The molecule has 18 heavy (non-hydrogen) atoms. The molecule has 2 nitrogen and oxygen atoms in total. The van der Waals surface area contributed by atoms with Crippen molar-refractivity contribution in [1.29, 1.82) is 0 Å². The van der Waals surface area contributed by atoms with Crippen LogP contribution in [0.2, 0.25) is 0 Å². The Morgan fingerprint density at radius 3 is 2.44 bits per heavy atom. The molecule has 106 valence electrons. The molecule has 0 aromatic rings. The zero-order valence-electron chi connectivity index (χ0n) is 12.3. The summed E-state index contributed by atoms with van der Waals surface area (Å²) in [6.45, 7) is 6.71. The lowest BCUT2D eigenvalue weighted by Gasteiger charge is -2.32. The van der Waals surface area contributed by atoms with Gasteiger partial charge in [0.2, 0.25) is 0 Å². The van der Waals surface area contributed by atoms with E-state index in [1.54, 1.807) is 0 Å². The molecular formula is C16H31NO. The van der Waals surface area contributed by atoms with Crippen molar-refractivity contribution in [1.82, 2.24) is 5.32 Å². The van der Waals surface area contributed by atoms with Gasteiger partial charge in [-0.3, -0.25) is 0 Å². The third-order valence-electron chi connectivity index (χ3n) is 5.04. The third kappa shape index (κ3) is 4.55. The molecule has 0 spiro atoms. The van der Waals surface area contributed by atoms with E-state index in [9.17, 15) is 0 Å². The van der Waals surface area contributed by atoms with Gasteiger partial charge in [-0.1, -0.05) is 33.1 Å². The summed E-state index contributed by atoms with van der Waals surface area (Å²) in [7, 11) is 0. The zero-order chi connectivity index (χ0) is 12.8. The minimum Gasteiger partial charge on any atom is -0.377 e. The Morgan fingerprint density at radius 1 is 0.944 bits per heavy atom. The Balaban J connectivity index is 1.52. The summed E-state index contributed by atoms with van der Waals surface area (Å²) in [4.78, 5) is 0. The number of nitrogens with one attached hydrogen (secondary N) is 1. The monoisotopic (exact) mass is 253 g/mol. The summed E-state index contributed by atoms with van der Waals surface area (Å²) in [6, 6.07) is 0.771. The lowest BCUT2D eigenvalue weighted by atomic mass is 9.80. The number of rotatable bonds is 5. The van der Waals surface area contributed by atoms with Crippen LogP contribution in [0.25, 0.3) is 0 Å². The third-order valence-corrected chi connectivity index (χ3v) is 5.04. The van der Waals surface area contributed by atoms with Crippen molar-refractivity contribution < 1.29 is 4.74 Å². The molecule has 0 bridgehead atoms. The first-order valence-corrected chi connectivity index (χ1v) is 8.10. The van der Waals surface area contributed by atoms with Gasteiger partial charge in [-0.15, -0.1) is 0 Å². The average Bonchev–Trinajstić information content (AvgIpc) is 2.40. The lowest BCUT2D eigenvalue weighted by Crippen LogP contribution is -2.35. The molecule has 0 aliphatic heterocycles. The van der Waals surface area contributed by atoms with Crippen LogP contribution in [0, 0.1) is 11.8 Å². The Morgan fingerprint density at radius 2 is 1.72 bits per heavy atom. The van der Waals surface area contributed by atoms with E-state index in [1.807, 2.05) is 0 Å². The van der Waals surface area contributed by atoms with Crippen molar-refractivity contribution in [2.24, 2.45) is 11.8 Å². The predicted molar refractivity (Wildman–Crippen MR) is 76.8 cm³/mol. The fourth-order valence-corrected chi connectivity index (χ4v) is 3.44. The SMILES string of the molecule is CC1CCC(OCCNC2CCCCC2)CC1C. The summed E-state index contributed by atoms with van der Waals surface area (Å²) in [5.74, 6) is 1.74. The van der Waals surface area contributed by atoms with E-state index in [-0.39, 0.29) is 0 Å². The maximum Gasteiger partial charge on any atom is 0.0594 e. The Kier molecular flexibility index (Phi) is 5.97. The highest BCUT2D eigenvalue weighted by Crippen LogP contribution is 2.30. The highest BCUT2D eigenvalue weighted by Gasteiger charge is 2.24. The smallest absolute Gasteiger partial charge is 0.0594 e. The summed E-state index contributed by atoms with van der Waals surface area (Å²) in [6.07, 6.45) is 11.4. The average molecular weight is 253 g/mol. The van der Waals surface area contributed by atoms with Gasteiger partial charge in [0, 0.05) is 12.6 Å². The van der Waals surface area contributed by atoms with E-state index in [1.165, 1.54) is 51.4 Å². The Labute approximate surface area is 113 Å². The van der Waals surface area contributed by atoms with E-state index < -0.39 is 0 Å². The topological polar surface area (TPSA) is 21.3 Å². The van der Waals surface area contributed by atoms with Crippen molar-refractivity contribution in [3.63, 3.8) is 0 Å². The largest absolute Gasteiger partial charge is 0.377 e. The van der Waals surface area contributed by atoms with Gasteiger partial charge >= 0.3 is 0 Å². The van der Waals surface area contributed by atoms with Crippen LogP contribution < -0.4 is 5.32 Å². The van der Waals surface area contributed by atoms with E-state index in [2.05, 4.69) is 19.2 Å². The van der Waals surface area contributed by atoms with Gasteiger partial charge in [-0.05, 0) is 43.9 Å². The molecule has 2 rings (SSSR count). The number of ether oxygens (including phenoxy) is 1. The van der Waals surface area contributed by atoms with E-state index in [0.29, 0.717) is 6.10 Å². The van der Waals surface area contributed by atoms with Crippen LogP contribution >= 0.6 is 0 Å². The first-order valence-electron chi connectivity index (χ1n) is 8.10. The second kappa shape index (κ2) is 7.49. The quantitative estimate of drug-likeness (QED) is 0.753. The van der Waals surface area contributed by atoms with Crippen molar-refractivity contribution in [2.45, 2.75) is 77.4 Å². The van der Waals surface area contributed by atoms with Crippen molar-refractivity contribution >= 4 is 0 Å². The second-order valence-corrected chi connectivity index (χ2v) is 6.55. The molecule has 3 unspecified atom stereocenters. The van der Waals surface area contributed by atoms with Gasteiger partial charge in [0.25, 0.3) is 0 Å². The van der Waals surface area contributed by atoms with Gasteiger partial charge in [0.15, 0.2) is 0 Å². The summed E-state index contributed by atoms with van der Waals surface area (Å²) in [5, 5.41) is 3.66. The molecule has 0 aromatic carbocycles. The minimum atomic E-state index is 0.532. The van der Waals surface area contributed by atoms with Crippen molar-refractivity contribution in [3.8, 4) is 0 Å². The van der Waals surface area contributed by atoms with Crippen LogP contribution in [0.1, 0.15) is 65.2 Å². The maximum absolute atomic E-state index is 6.03. The molecule has 0 aromatic heterocycles. The standard InChI is InChI=1S/C16H31NO/c1-13-8-9-16(12-14(13)2)18-11-10-17-15-6-4-3-5-7-15/h13-17H,3-12H2,1-2H3. The zero-order valence-corrected chi connectivity index (χ0v) is 12.3. The number of hydrogen-bond acceptors (Lipinski definition) is 2. The van der Waals surface area contributed by atoms with Crippen LogP contribution in [0.4, 0.5) is 0 Å². The molecule has 2 heteroatoms. The van der Waals surface area contributed by atoms with Gasteiger partial charge in [-0.25, -0.2) is 0 Å². The second-order valence-electron chi connectivity index (χ2n) is 6.55. The summed E-state index contributed by atoms with van der Waals surface area (Å²) in [5.41, 5.74) is 0. The molecule has 2 fully saturated rings. The van der Waals surface area contributed by atoms with E-state index in [0.717, 1.165) is 31.0 Å². The van der Waals surface area contributed by atoms with E-state index in [4.69, 9.17) is 4.74 Å². The van der Waals surface area contributed by atoms with Crippen LogP contribution in [-0.4, -0.2) is 25.3 Å². The molecule has 2 saturated carbocycles. The van der Waals surface area contributed by atoms with Crippen LogP contribution in [-0.2, 0) is 4.74 Å². The van der Waals surface area contributed by atoms with Gasteiger partial charge in [-0.2, -0.15) is 0 Å². The van der Waals surface area contributed by atoms with Crippen LogP contribution in [0.3, 0.4) is 0 Å².